The summed E-state index contributed by atoms with van der Waals surface area (Å²) >= 11 is 0. The third-order valence-corrected chi connectivity index (χ3v) is 5.31. The fraction of sp³-hybridized carbons (Fsp3) is 0.474. The molecule has 0 bridgehead atoms. The quantitative estimate of drug-likeness (QED) is 0.927. The second kappa shape index (κ2) is 6.52. The van der Waals surface area contributed by atoms with Gasteiger partial charge < -0.3 is 19.7 Å². The zero-order valence-electron chi connectivity index (χ0n) is 14.8. The molecular formula is C19H24N4O2. The molecule has 2 aliphatic rings. The standard InChI is InChI=1S/C19H24N4O2/c1-20-17-5-9-21-18(22-17)23-10-7-19(8-11-23)16-4-3-15(24-2)13-14(16)6-12-25-19/h3-5,9,13H,6-8,10-12H2,1-2H3,(H,20,21,22). The first-order valence-electron chi connectivity index (χ1n) is 8.81. The molecule has 1 N–H and O–H groups in total. The van der Waals surface area contributed by atoms with Gasteiger partial charge in [-0.05, 0) is 48.6 Å². The number of nitrogens with zero attached hydrogens (tertiary/aromatic N) is 3. The van der Waals surface area contributed by atoms with Crippen LogP contribution in [0.15, 0.2) is 30.5 Å². The van der Waals surface area contributed by atoms with Crippen molar-refractivity contribution in [2.45, 2.75) is 24.9 Å². The van der Waals surface area contributed by atoms with Crippen molar-refractivity contribution in [2.75, 3.05) is 44.1 Å². The average Bonchev–Trinajstić information content (AvgIpc) is 2.68. The third-order valence-electron chi connectivity index (χ3n) is 5.31. The van der Waals surface area contributed by atoms with Crippen molar-refractivity contribution in [3.63, 3.8) is 0 Å². The van der Waals surface area contributed by atoms with Gasteiger partial charge in [0, 0.05) is 26.3 Å². The van der Waals surface area contributed by atoms with Crippen LogP contribution in [0.4, 0.5) is 11.8 Å². The van der Waals surface area contributed by atoms with E-state index in [4.69, 9.17) is 9.47 Å². The molecule has 1 spiro atoms. The Morgan fingerprint density at radius 3 is 2.84 bits per heavy atom. The van der Waals surface area contributed by atoms with E-state index in [-0.39, 0.29) is 5.60 Å². The summed E-state index contributed by atoms with van der Waals surface area (Å²) in [5.74, 6) is 2.55. The lowest BCUT2D eigenvalue weighted by Crippen LogP contribution is -2.47. The molecule has 1 aromatic carbocycles. The zero-order chi connectivity index (χ0) is 17.3. The second-order valence-electron chi connectivity index (χ2n) is 6.59. The highest BCUT2D eigenvalue weighted by Gasteiger charge is 2.41. The molecule has 0 radical (unpaired) electrons. The largest absolute Gasteiger partial charge is 0.497 e. The molecule has 2 aromatic rings. The minimum Gasteiger partial charge on any atom is -0.497 e. The van der Waals surface area contributed by atoms with E-state index < -0.39 is 0 Å². The lowest BCUT2D eigenvalue weighted by atomic mass is 9.79. The van der Waals surface area contributed by atoms with Gasteiger partial charge >= 0.3 is 0 Å². The number of methoxy groups -OCH3 is 1. The molecule has 0 atom stereocenters. The Labute approximate surface area is 148 Å². The second-order valence-corrected chi connectivity index (χ2v) is 6.59. The minimum atomic E-state index is -0.184. The van der Waals surface area contributed by atoms with Gasteiger partial charge in [-0.1, -0.05) is 6.07 Å². The maximum atomic E-state index is 6.31. The summed E-state index contributed by atoms with van der Waals surface area (Å²) in [6.45, 7) is 2.54. The molecule has 6 nitrogen and oxygen atoms in total. The molecule has 25 heavy (non-hydrogen) atoms. The van der Waals surface area contributed by atoms with Gasteiger partial charge in [-0.25, -0.2) is 4.98 Å². The van der Waals surface area contributed by atoms with Crippen LogP contribution < -0.4 is 15.0 Å². The number of ether oxygens (including phenoxy) is 2. The number of piperidine rings is 1. The van der Waals surface area contributed by atoms with E-state index in [1.807, 2.05) is 19.2 Å². The Kier molecular flexibility index (Phi) is 4.21. The molecule has 0 amide bonds. The Morgan fingerprint density at radius 1 is 1.24 bits per heavy atom. The highest BCUT2D eigenvalue weighted by Crippen LogP contribution is 2.42. The fourth-order valence-electron chi connectivity index (χ4n) is 3.90. The lowest BCUT2D eigenvalue weighted by Gasteiger charge is -2.45. The van der Waals surface area contributed by atoms with Crippen LogP contribution in [0.1, 0.15) is 24.0 Å². The van der Waals surface area contributed by atoms with Gasteiger partial charge in [-0.15, -0.1) is 0 Å². The maximum absolute atomic E-state index is 6.31. The normalized spacial score (nSPS) is 18.7. The molecule has 4 rings (SSSR count). The maximum Gasteiger partial charge on any atom is 0.227 e. The third kappa shape index (κ3) is 2.91. The summed E-state index contributed by atoms with van der Waals surface area (Å²) in [6, 6.07) is 8.26. The summed E-state index contributed by atoms with van der Waals surface area (Å²) in [6.07, 6.45) is 4.64. The van der Waals surface area contributed by atoms with Gasteiger partial charge in [-0.3, -0.25) is 0 Å². The molecule has 0 unspecified atom stereocenters. The zero-order valence-corrected chi connectivity index (χ0v) is 14.8. The van der Waals surface area contributed by atoms with Crippen LogP contribution in [-0.2, 0) is 16.8 Å². The number of benzene rings is 1. The molecular weight excluding hydrogens is 316 g/mol. The molecule has 132 valence electrons. The smallest absolute Gasteiger partial charge is 0.227 e. The van der Waals surface area contributed by atoms with Gasteiger partial charge in [0.25, 0.3) is 0 Å². The number of aromatic nitrogens is 2. The molecule has 1 aromatic heterocycles. The summed E-state index contributed by atoms with van der Waals surface area (Å²) in [4.78, 5) is 11.2. The predicted molar refractivity (Wildman–Crippen MR) is 97.4 cm³/mol. The molecule has 6 heteroatoms. The molecule has 3 heterocycles. The van der Waals surface area contributed by atoms with Crippen molar-refractivity contribution in [1.82, 2.24) is 9.97 Å². The monoisotopic (exact) mass is 340 g/mol. The first-order valence-corrected chi connectivity index (χ1v) is 8.81. The van der Waals surface area contributed by atoms with Gasteiger partial charge in [-0.2, -0.15) is 4.98 Å². The van der Waals surface area contributed by atoms with Crippen LogP contribution in [0.25, 0.3) is 0 Å². The van der Waals surface area contributed by atoms with Crippen molar-refractivity contribution >= 4 is 11.8 Å². The number of fused-ring (bicyclic) bond motifs is 2. The van der Waals surface area contributed by atoms with Crippen molar-refractivity contribution in [3.05, 3.63) is 41.6 Å². The van der Waals surface area contributed by atoms with Crippen LogP contribution in [0.2, 0.25) is 0 Å². The molecule has 0 aliphatic carbocycles. The Bertz CT molecular complexity index is 757. The minimum absolute atomic E-state index is 0.184. The van der Waals surface area contributed by atoms with E-state index in [9.17, 15) is 0 Å². The predicted octanol–water partition coefficient (Wildman–Crippen LogP) is 2.60. The highest BCUT2D eigenvalue weighted by molar-refractivity contribution is 5.44. The first kappa shape index (κ1) is 16.1. The van der Waals surface area contributed by atoms with Crippen LogP contribution in [0.3, 0.4) is 0 Å². The van der Waals surface area contributed by atoms with E-state index in [0.29, 0.717) is 0 Å². The number of nitrogens with one attached hydrogen (secondary N) is 1. The molecule has 1 saturated heterocycles. The van der Waals surface area contributed by atoms with E-state index in [2.05, 4.69) is 32.3 Å². The summed E-state index contributed by atoms with van der Waals surface area (Å²) in [5.41, 5.74) is 2.49. The van der Waals surface area contributed by atoms with Crippen molar-refractivity contribution in [3.8, 4) is 5.75 Å². The number of anilines is 2. The number of rotatable bonds is 3. The summed E-state index contributed by atoms with van der Waals surface area (Å²) < 4.78 is 11.7. The van der Waals surface area contributed by atoms with Crippen molar-refractivity contribution in [2.24, 2.45) is 0 Å². The topological polar surface area (TPSA) is 59.5 Å². The lowest BCUT2D eigenvalue weighted by molar-refractivity contribution is -0.0768. The summed E-state index contributed by atoms with van der Waals surface area (Å²) in [7, 11) is 3.59. The SMILES string of the molecule is CNc1ccnc(N2CCC3(CC2)OCCc2cc(OC)ccc23)n1. The van der Waals surface area contributed by atoms with E-state index in [1.54, 1.807) is 13.3 Å². The summed E-state index contributed by atoms with van der Waals surface area (Å²) in [5, 5.41) is 3.07. The van der Waals surface area contributed by atoms with Crippen molar-refractivity contribution in [1.29, 1.82) is 0 Å². The number of hydrogen-bond acceptors (Lipinski definition) is 6. The van der Waals surface area contributed by atoms with Crippen LogP contribution in [-0.4, -0.2) is 43.8 Å². The van der Waals surface area contributed by atoms with Gasteiger partial charge in [0.05, 0.1) is 19.3 Å². The molecule has 0 saturated carbocycles. The molecule has 1 fully saturated rings. The Hall–Kier alpha value is -2.34. The van der Waals surface area contributed by atoms with Crippen molar-refractivity contribution < 1.29 is 9.47 Å². The van der Waals surface area contributed by atoms with E-state index in [1.165, 1.54) is 11.1 Å². The van der Waals surface area contributed by atoms with E-state index in [0.717, 1.165) is 56.5 Å². The number of hydrogen-bond donors (Lipinski definition) is 1. The fourth-order valence-corrected chi connectivity index (χ4v) is 3.90. The Morgan fingerprint density at radius 2 is 2.08 bits per heavy atom. The van der Waals surface area contributed by atoms with Gasteiger partial charge in [0.2, 0.25) is 5.95 Å². The van der Waals surface area contributed by atoms with Crippen LogP contribution >= 0.6 is 0 Å². The van der Waals surface area contributed by atoms with Gasteiger partial charge in [0.15, 0.2) is 0 Å². The van der Waals surface area contributed by atoms with Crippen LogP contribution in [0.5, 0.6) is 5.75 Å². The van der Waals surface area contributed by atoms with Gasteiger partial charge in [0.1, 0.15) is 11.6 Å². The molecule has 2 aliphatic heterocycles. The Balaban J connectivity index is 1.55. The van der Waals surface area contributed by atoms with Crippen LogP contribution in [0, 0.1) is 0 Å². The average molecular weight is 340 g/mol. The first-order chi connectivity index (χ1) is 12.2. The highest BCUT2D eigenvalue weighted by atomic mass is 16.5. The van der Waals surface area contributed by atoms with E-state index >= 15 is 0 Å².